The molecule has 0 atom stereocenters. The molecule has 8 aromatic rings. The van der Waals surface area contributed by atoms with Crippen molar-refractivity contribution in [3.8, 4) is 56.8 Å². The number of rotatable bonds is 6. The van der Waals surface area contributed by atoms with Crippen LogP contribution in [0.25, 0.3) is 78.1 Å². The van der Waals surface area contributed by atoms with E-state index in [2.05, 4.69) is 138 Å². The van der Waals surface area contributed by atoms with Crippen LogP contribution in [0.4, 0.5) is 0 Å². The van der Waals surface area contributed by atoms with Crippen molar-refractivity contribution in [3.63, 3.8) is 0 Å². The third kappa shape index (κ3) is 5.71. The van der Waals surface area contributed by atoms with E-state index in [4.69, 9.17) is 9.97 Å². The molecule has 1 aliphatic rings. The van der Waals surface area contributed by atoms with Crippen LogP contribution in [0.5, 0.6) is 0 Å². The summed E-state index contributed by atoms with van der Waals surface area (Å²) in [6.07, 6.45) is 8.98. The zero-order chi connectivity index (χ0) is 34.1. The number of hydrogen-bond acceptors (Lipinski definition) is 3. The number of nitriles is 1. The molecule has 1 aliphatic carbocycles. The average molecular weight is 653 g/mol. The van der Waals surface area contributed by atoms with Gasteiger partial charge in [0.1, 0.15) is 0 Å². The summed E-state index contributed by atoms with van der Waals surface area (Å²) in [7, 11) is 0. The number of allylic oxidation sites excluding steroid dienone is 4. The maximum Gasteiger partial charge on any atom is 0.235 e. The van der Waals surface area contributed by atoms with E-state index in [1.807, 2.05) is 42.5 Å². The lowest BCUT2D eigenvalue weighted by Crippen LogP contribution is -2.04. The first kappa shape index (κ1) is 30.2. The molecular formula is C47H32N4. The van der Waals surface area contributed by atoms with Crippen LogP contribution < -0.4 is 0 Å². The highest BCUT2D eigenvalue weighted by molar-refractivity contribution is 6.11. The van der Waals surface area contributed by atoms with E-state index in [1.54, 1.807) is 0 Å². The quantitative estimate of drug-likeness (QED) is 0.180. The Kier molecular flexibility index (Phi) is 7.64. The Morgan fingerprint density at radius 2 is 1.00 bits per heavy atom. The van der Waals surface area contributed by atoms with Crippen LogP contribution in [0, 0.1) is 11.3 Å². The molecule has 4 heteroatoms. The Labute approximate surface area is 297 Å². The number of benzene rings is 6. The van der Waals surface area contributed by atoms with Gasteiger partial charge in [-0.1, -0.05) is 127 Å². The minimum Gasteiger partial charge on any atom is -0.278 e. The lowest BCUT2D eigenvalue weighted by Gasteiger charge is -2.13. The normalized spacial score (nSPS) is 12.6. The molecule has 0 amide bonds. The van der Waals surface area contributed by atoms with Crippen molar-refractivity contribution in [2.24, 2.45) is 0 Å². The van der Waals surface area contributed by atoms with Crippen LogP contribution in [-0.2, 0) is 0 Å². The van der Waals surface area contributed by atoms with Crippen molar-refractivity contribution in [2.45, 2.75) is 12.8 Å². The Morgan fingerprint density at radius 3 is 1.61 bits per heavy atom. The van der Waals surface area contributed by atoms with Gasteiger partial charge in [-0.15, -0.1) is 0 Å². The number of hydrogen-bond donors (Lipinski definition) is 0. The van der Waals surface area contributed by atoms with Crippen molar-refractivity contribution in [2.75, 3.05) is 0 Å². The fourth-order valence-corrected chi connectivity index (χ4v) is 7.07. The average Bonchev–Trinajstić information content (AvgIpc) is 3.55. The second-order valence-corrected chi connectivity index (χ2v) is 12.9. The molecule has 0 unspecified atom stereocenters. The zero-order valence-electron chi connectivity index (χ0n) is 27.9. The van der Waals surface area contributed by atoms with Gasteiger partial charge in [-0.05, 0) is 88.7 Å². The summed E-state index contributed by atoms with van der Waals surface area (Å²) < 4.78 is 2.22. The molecule has 0 N–H and O–H groups in total. The molecule has 4 nitrogen and oxygen atoms in total. The number of fused-ring (bicyclic) bond motifs is 3. The maximum absolute atomic E-state index is 9.23. The van der Waals surface area contributed by atoms with Crippen molar-refractivity contribution in [3.05, 3.63) is 181 Å². The molecule has 0 radical (unpaired) electrons. The Hall–Kier alpha value is -6.83. The van der Waals surface area contributed by atoms with Gasteiger partial charge in [0, 0.05) is 21.9 Å². The molecule has 9 rings (SSSR count). The second-order valence-electron chi connectivity index (χ2n) is 12.9. The molecular weight excluding hydrogens is 621 g/mol. The molecule has 2 heterocycles. The van der Waals surface area contributed by atoms with Gasteiger partial charge in [-0.2, -0.15) is 5.26 Å². The summed E-state index contributed by atoms with van der Waals surface area (Å²) >= 11 is 0. The van der Waals surface area contributed by atoms with Gasteiger partial charge in [0.05, 0.1) is 34.1 Å². The molecule has 2 aromatic heterocycles. The fraction of sp³-hybridized carbons (Fsp3) is 0.0426. The smallest absolute Gasteiger partial charge is 0.235 e. The molecule has 0 saturated heterocycles. The van der Waals surface area contributed by atoms with Crippen LogP contribution in [0.1, 0.15) is 24.0 Å². The van der Waals surface area contributed by atoms with E-state index in [0.29, 0.717) is 11.5 Å². The summed E-state index contributed by atoms with van der Waals surface area (Å²) in [4.78, 5) is 10.5. The van der Waals surface area contributed by atoms with Crippen molar-refractivity contribution < 1.29 is 0 Å². The van der Waals surface area contributed by atoms with E-state index in [1.165, 1.54) is 27.6 Å². The van der Waals surface area contributed by atoms with Gasteiger partial charge >= 0.3 is 0 Å². The van der Waals surface area contributed by atoms with Crippen molar-refractivity contribution >= 4 is 27.4 Å². The Balaban J connectivity index is 1.24. The maximum atomic E-state index is 9.23. The van der Waals surface area contributed by atoms with Crippen LogP contribution in [-0.4, -0.2) is 14.5 Å². The topological polar surface area (TPSA) is 54.5 Å². The lowest BCUT2D eigenvalue weighted by atomic mass is 9.97. The fourth-order valence-electron chi connectivity index (χ4n) is 7.07. The molecule has 240 valence electrons. The van der Waals surface area contributed by atoms with Crippen LogP contribution in [0.3, 0.4) is 0 Å². The molecule has 0 bridgehead atoms. The van der Waals surface area contributed by atoms with Crippen molar-refractivity contribution in [1.82, 2.24) is 14.5 Å². The van der Waals surface area contributed by atoms with Crippen LogP contribution in [0.15, 0.2) is 170 Å². The summed E-state index contributed by atoms with van der Waals surface area (Å²) in [5.41, 5.74) is 13.5. The zero-order valence-corrected chi connectivity index (χ0v) is 27.9. The third-order valence-electron chi connectivity index (χ3n) is 9.71. The molecule has 0 aliphatic heterocycles. The largest absolute Gasteiger partial charge is 0.278 e. The van der Waals surface area contributed by atoms with E-state index < -0.39 is 0 Å². The van der Waals surface area contributed by atoms with Gasteiger partial charge in [-0.25, -0.2) is 9.97 Å². The van der Waals surface area contributed by atoms with Gasteiger partial charge in [-0.3, -0.25) is 4.57 Å². The van der Waals surface area contributed by atoms with Gasteiger partial charge in [0.25, 0.3) is 0 Å². The monoisotopic (exact) mass is 652 g/mol. The Morgan fingerprint density at radius 1 is 0.490 bits per heavy atom. The standard InChI is InChI=1S/C47H32N4/c48-31-32-16-18-35(19-17-32)36-20-22-38(23-21-36)44-30-43(37-14-8-3-9-15-37)49-47(50-44)51-45-26-24-39(33-10-4-1-5-11-33)28-41(45)42-29-40(25-27-46(42)51)34-12-6-2-7-13-34/h1,3-6,8-30H,2,7H2. The Bertz CT molecular complexity index is 2660. The highest BCUT2D eigenvalue weighted by atomic mass is 15.2. The van der Waals surface area contributed by atoms with Gasteiger partial charge < -0.3 is 0 Å². The first-order chi connectivity index (χ1) is 25.2. The highest BCUT2D eigenvalue weighted by Crippen LogP contribution is 2.37. The number of aromatic nitrogens is 3. The predicted octanol–water partition coefficient (Wildman–Crippen LogP) is 11.8. The van der Waals surface area contributed by atoms with E-state index in [-0.39, 0.29) is 0 Å². The number of nitrogens with zero attached hydrogens (tertiary/aromatic N) is 4. The van der Waals surface area contributed by atoms with E-state index in [0.717, 1.165) is 62.9 Å². The second kappa shape index (κ2) is 12.9. The van der Waals surface area contributed by atoms with E-state index in [9.17, 15) is 5.26 Å². The van der Waals surface area contributed by atoms with Crippen LogP contribution in [0.2, 0.25) is 0 Å². The molecule has 0 saturated carbocycles. The molecule has 51 heavy (non-hydrogen) atoms. The SMILES string of the molecule is N#Cc1ccc(-c2ccc(-c3cc(-c4ccccc4)nc(-n4c5ccc(C6=CCCC=C6)cc5c5cc(-c6ccccc6)ccc54)n3)cc2)cc1. The third-order valence-corrected chi connectivity index (χ3v) is 9.71. The molecule has 0 spiro atoms. The van der Waals surface area contributed by atoms with E-state index >= 15 is 0 Å². The molecule has 0 fully saturated rings. The minimum atomic E-state index is 0.625. The lowest BCUT2D eigenvalue weighted by molar-refractivity contribution is 0.995. The predicted molar refractivity (Wildman–Crippen MR) is 209 cm³/mol. The first-order valence-electron chi connectivity index (χ1n) is 17.3. The highest BCUT2D eigenvalue weighted by Gasteiger charge is 2.19. The first-order valence-corrected chi connectivity index (χ1v) is 17.3. The summed E-state index contributed by atoms with van der Waals surface area (Å²) in [5, 5.41) is 11.6. The van der Waals surface area contributed by atoms with Gasteiger partial charge in [0.15, 0.2) is 0 Å². The minimum absolute atomic E-state index is 0.625. The van der Waals surface area contributed by atoms with Crippen molar-refractivity contribution in [1.29, 1.82) is 5.26 Å². The summed E-state index contributed by atoms with van der Waals surface area (Å²) in [6, 6.07) is 54.8. The summed E-state index contributed by atoms with van der Waals surface area (Å²) in [6.45, 7) is 0. The van der Waals surface area contributed by atoms with Crippen LogP contribution >= 0.6 is 0 Å². The summed E-state index contributed by atoms with van der Waals surface area (Å²) in [5.74, 6) is 0.625. The van der Waals surface area contributed by atoms with Gasteiger partial charge in [0.2, 0.25) is 5.95 Å². The molecule has 6 aromatic carbocycles.